The number of aromatic nitrogens is 1. The molecule has 1 atom stereocenters. The molecule has 0 bridgehead atoms. The van der Waals surface area contributed by atoms with Gasteiger partial charge in [0.15, 0.2) is 0 Å². The maximum atomic E-state index is 5.60. The van der Waals surface area contributed by atoms with E-state index in [0.717, 1.165) is 11.4 Å². The molecule has 0 saturated carbocycles. The Bertz CT molecular complexity index is 286. The minimum Gasteiger partial charge on any atom is -0.384 e. The molecule has 1 heterocycles. The Morgan fingerprint density at radius 1 is 1.36 bits per heavy atom. The molecule has 0 radical (unpaired) electrons. The quantitative estimate of drug-likeness (QED) is 0.830. The summed E-state index contributed by atoms with van der Waals surface area (Å²) in [4.78, 5) is 4.26. The summed E-state index contributed by atoms with van der Waals surface area (Å²) in [5, 5.41) is 0.665. The fourth-order valence-electron chi connectivity index (χ4n) is 0.988. The first-order valence-corrected chi connectivity index (χ1v) is 5.97. The third kappa shape index (κ3) is 3.58. The summed E-state index contributed by atoms with van der Waals surface area (Å²) in [5.41, 5.74) is 6.68. The van der Waals surface area contributed by atoms with Crippen molar-refractivity contribution in [1.82, 2.24) is 4.98 Å². The first-order valence-electron chi connectivity index (χ1n) is 4.92. The van der Waals surface area contributed by atoms with E-state index in [4.69, 9.17) is 5.73 Å². The lowest BCUT2D eigenvalue weighted by atomic mass is 10.2. The number of hydrogen-bond acceptors (Lipinski definition) is 3. The molecule has 0 aliphatic carbocycles. The molecule has 0 fully saturated rings. The van der Waals surface area contributed by atoms with Gasteiger partial charge in [0.05, 0.1) is 5.69 Å². The zero-order valence-electron chi connectivity index (χ0n) is 9.03. The molecule has 3 heteroatoms. The third-order valence-electron chi connectivity index (χ3n) is 2.26. The van der Waals surface area contributed by atoms with E-state index < -0.39 is 0 Å². The first-order chi connectivity index (χ1) is 6.59. The number of nitrogens with zero attached hydrogens (tertiary/aromatic N) is 1. The van der Waals surface area contributed by atoms with Gasteiger partial charge in [0.25, 0.3) is 0 Å². The summed E-state index contributed by atoms with van der Waals surface area (Å²) in [6.45, 7) is 6.73. The van der Waals surface area contributed by atoms with Crippen LogP contribution < -0.4 is 5.73 Å². The molecule has 1 aromatic heterocycles. The Hall–Kier alpha value is -0.700. The molecule has 1 aromatic rings. The molecule has 0 aromatic carbocycles. The summed E-state index contributed by atoms with van der Waals surface area (Å²) in [6.07, 6.45) is 0. The predicted octanol–water partition coefficient (Wildman–Crippen LogP) is 2.94. The molecule has 0 amide bonds. The predicted molar refractivity (Wildman–Crippen MR) is 64.2 cm³/mol. The first kappa shape index (κ1) is 11.4. The van der Waals surface area contributed by atoms with Gasteiger partial charge in [-0.25, -0.2) is 4.98 Å². The Balaban J connectivity index is 2.45. The van der Waals surface area contributed by atoms with Gasteiger partial charge in [-0.2, -0.15) is 11.8 Å². The number of rotatable bonds is 4. The molecule has 78 valence electrons. The summed E-state index contributed by atoms with van der Waals surface area (Å²) in [7, 11) is 0. The highest BCUT2D eigenvalue weighted by atomic mass is 32.2. The highest BCUT2D eigenvalue weighted by Gasteiger charge is 2.07. The lowest BCUT2D eigenvalue weighted by Gasteiger charge is -2.14. The van der Waals surface area contributed by atoms with Crippen LogP contribution in [0.5, 0.6) is 0 Å². The van der Waals surface area contributed by atoms with Gasteiger partial charge in [-0.1, -0.05) is 26.8 Å². The van der Waals surface area contributed by atoms with Crippen LogP contribution in [0.2, 0.25) is 0 Å². The van der Waals surface area contributed by atoms with Crippen LogP contribution in [0.1, 0.15) is 26.5 Å². The molecular weight excluding hydrogens is 192 g/mol. The van der Waals surface area contributed by atoms with Crippen LogP contribution in [0.4, 0.5) is 5.82 Å². The van der Waals surface area contributed by atoms with Gasteiger partial charge in [-0.05, 0) is 18.1 Å². The molecule has 0 aliphatic rings. The van der Waals surface area contributed by atoms with Crippen molar-refractivity contribution in [2.75, 3.05) is 5.73 Å². The second-order valence-electron chi connectivity index (χ2n) is 3.81. The van der Waals surface area contributed by atoms with Crippen LogP contribution in [0, 0.1) is 5.92 Å². The van der Waals surface area contributed by atoms with Crippen molar-refractivity contribution < 1.29 is 0 Å². The van der Waals surface area contributed by atoms with Crippen molar-refractivity contribution in [1.29, 1.82) is 0 Å². The standard InChI is InChI=1S/C11H18N2S/c1-8(2)9(3)14-7-10-5-4-6-11(12)13-10/h4-6,8-9H,7H2,1-3H3,(H2,12,13). The van der Waals surface area contributed by atoms with Crippen LogP contribution in [0.25, 0.3) is 0 Å². The topological polar surface area (TPSA) is 38.9 Å². The van der Waals surface area contributed by atoms with Crippen molar-refractivity contribution >= 4 is 17.6 Å². The van der Waals surface area contributed by atoms with Gasteiger partial charge in [0.1, 0.15) is 5.82 Å². The average molecular weight is 210 g/mol. The monoisotopic (exact) mass is 210 g/mol. The van der Waals surface area contributed by atoms with Crippen molar-refractivity contribution in [3.05, 3.63) is 23.9 Å². The Morgan fingerprint density at radius 2 is 2.07 bits per heavy atom. The Labute approximate surface area is 90.3 Å². The minimum absolute atomic E-state index is 0.611. The van der Waals surface area contributed by atoms with Crippen molar-refractivity contribution in [2.45, 2.75) is 31.8 Å². The largest absolute Gasteiger partial charge is 0.384 e. The summed E-state index contributed by atoms with van der Waals surface area (Å²) in [6, 6.07) is 5.80. The summed E-state index contributed by atoms with van der Waals surface area (Å²) < 4.78 is 0. The van der Waals surface area contributed by atoms with Gasteiger partial charge in [0.2, 0.25) is 0 Å². The number of thioether (sulfide) groups is 1. The van der Waals surface area contributed by atoms with E-state index in [9.17, 15) is 0 Å². The van der Waals surface area contributed by atoms with Crippen molar-refractivity contribution in [3.8, 4) is 0 Å². The van der Waals surface area contributed by atoms with Crippen LogP contribution in [-0.2, 0) is 5.75 Å². The molecule has 1 rings (SSSR count). The fraction of sp³-hybridized carbons (Fsp3) is 0.545. The normalized spacial score (nSPS) is 13.1. The van der Waals surface area contributed by atoms with Crippen LogP contribution in [-0.4, -0.2) is 10.2 Å². The highest BCUT2D eigenvalue weighted by Crippen LogP contribution is 2.22. The Morgan fingerprint density at radius 3 is 2.64 bits per heavy atom. The maximum Gasteiger partial charge on any atom is 0.123 e. The van der Waals surface area contributed by atoms with Crippen LogP contribution in [0.15, 0.2) is 18.2 Å². The second kappa shape index (κ2) is 5.25. The zero-order chi connectivity index (χ0) is 10.6. The van der Waals surface area contributed by atoms with E-state index in [1.54, 1.807) is 0 Å². The number of pyridine rings is 1. The van der Waals surface area contributed by atoms with E-state index in [1.165, 1.54) is 0 Å². The molecule has 14 heavy (non-hydrogen) atoms. The van der Waals surface area contributed by atoms with Gasteiger partial charge < -0.3 is 5.73 Å². The van der Waals surface area contributed by atoms with Crippen LogP contribution >= 0.6 is 11.8 Å². The summed E-state index contributed by atoms with van der Waals surface area (Å²) in [5.74, 6) is 2.27. The van der Waals surface area contributed by atoms with E-state index in [1.807, 2.05) is 30.0 Å². The molecule has 0 saturated heterocycles. The second-order valence-corrected chi connectivity index (χ2v) is 5.18. The Kier molecular flexibility index (Phi) is 4.26. The molecule has 0 aliphatic heterocycles. The molecule has 2 N–H and O–H groups in total. The van der Waals surface area contributed by atoms with Gasteiger partial charge in [-0.15, -0.1) is 0 Å². The lowest BCUT2D eigenvalue weighted by molar-refractivity contribution is 0.642. The van der Waals surface area contributed by atoms with Gasteiger partial charge in [0, 0.05) is 11.0 Å². The van der Waals surface area contributed by atoms with Gasteiger partial charge in [-0.3, -0.25) is 0 Å². The SMILES string of the molecule is CC(C)C(C)SCc1cccc(N)n1. The smallest absolute Gasteiger partial charge is 0.123 e. The highest BCUT2D eigenvalue weighted by molar-refractivity contribution is 7.99. The molecule has 2 nitrogen and oxygen atoms in total. The van der Waals surface area contributed by atoms with Gasteiger partial charge >= 0.3 is 0 Å². The molecular formula is C11H18N2S. The lowest BCUT2D eigenvalue weighted by Crippen LogP contribution is -2.06. The van der Waals surface area contributed by atoms with E-state index in [-0.39, 0.29) is 0 Å². The molecule has 0 spiro atoms. The van der Waals surface area contributed by atoms with Crippen molar-refractivity contribution in [2.24, 2.45) is 5.92 Å². The zero-order valence-corrected chi connectivity index (χ0v) is 9.84. The minimum atomic E-state index is 0.611. The number of hydrogen-bond donors (Lipinski definition) is 1. The van der Waals surface area contributed by atoms with Crippen molar-refractivity contribution in [3.63, 3.8) is 0 Å². The van der Waals surface area contributed by atoms with Crippen LogP contribution in [0.3, 0.4) is 0 Å². The third-order valence-corrected chi connectivity index (χ3v) is 3.79. The number of nitrogen functional groups attached to an aromatic ring is 1. The maximum absolute atomic E-state index is 5.60. The van der Waals surface area contributed by atoms with E-state index in [0.29, 0.717) is 17.0 Å². The summed E-state index contributed by atoms with van der Waals surface area (Å²) >= 11 is 1.93. The fourth-order valence-corrected chi connectivity index (χ4v) is 1.97. The van der Waals surface area contributed by atoms with E-state index >= 15 is 0 Å². The number of anilines is 1. The average Bonchev–Trinajstić information content (AvgIpc) is 2.14. The number of nitrogens with two attached hydrogens (primary N) is 1. The van der Waals surface area contributed by atoms with E-state index in [2.05, 4.69) is 25.8 Å². The molecule has 1 unspecified atom stereocenters.